The highest BCUT2D eigenvalue weighted by Crippen LogP contribution is 2.24. The van der Waals surface area contributed by atoms with Crippen LogP contribution in [0.2, 0.25) is 0 Å². The molecule has 5 nitrogen and oxygen atoms in total. The molecule has 0 aliphatic carbocycles. The molecule has 1 aliphatic heterocycles. The van der Waals surface area contributed by atoms with Crippen molar-refractivity contribution in [2.75, 3.05) is 0 Å². The predicted molar refractivity (Wildman–Crippen MR) is 94.7 cm³/mol. The standard InChI is InChI=1S/C20H16N2O3/c1-11-7-13-9-14(18(23)21-17(13)8-12(11)2)10-22-19(24)15-5-3-4-6-16(15)20(22)25/h3-9H,10H2,1-2H3,(H,21,23). The number of rotatable bonds is 2. The van der Waals surface area contributed by atoms with Crippen LogP contribution in [0.15, 0.2) is 47.3 Å². The number of fused-ring (bicyclic) bond motifs is 2. The zero-order chi connectivity index (χ0) is 17.7. The SMILES string of the molecule is Cc1cc2cc(CN3C(=O)c4ccccc4C3=O)c(=O)[nH]c2cc1C. The number of nitrogens with zero attached hydrogens (tertiary/aromatic N) is 1. The second kappa shape index (κ2) is 5.41. The predicted octanol–water partition coefficient (Wildman–Crippen LogP) is 2.94. The molecular formula is C20H16N2O3. The first kappa shape index (κ1) is 15.3. The highest BCUT2D eigenvalue weighted by molar-refractivity contribution is 6.21. The van der Waals surface area contributed by atoms with E-state index in [1.807, 2.05) is 26.0 Å². The maximum Gasteiger partial charge on any atom is 0.261 e. The van der Waals surface area contributed by atoms with E-state index >= 15 is 0 Å². The van der Waals surface area contributed by atoms with Crippen LogP contribution in [0.4, 0.5) is 0 Å². The summed E-state index contributed by atoms with van der Waals surface area (Å²) in [4.78, 5) is 41.3. The largest absolute Gasteiger partial charge is 0.322 e. The van der Waals surface area contributed by atoms with Gasteiger partial charge in [0.05, 0.1) is 17.7 Å². The number of carbonyl (C=O) groups excluding carboxylic acids is 2. The molecule has 0 saturated carbocycles. The van der Waals surface area contributed by atoms with Gasteiger partial charge in [-0.3, -0.25) is 19.3 Å². The molecule has 2 heterocycles. The van der Waals surface area contributed by atoms with Crippen molar-refractivity contribution >= 4 is 22.7 Å². The first-order chi connectivity index (χ1) is 12.0. The summed E-state index contributed by atoms with van der Waals surface area (Å²) in [5, 5.41) is 0.884. The number of aromatic amines is 1. The van der Waals surface area contributed by atoms with Gasteiger partial charge in [0.15, 0.2) is 0 Å². The molecule has 1 aliphatic rings. The maximum absolute atomic E-state index is 12.5. The number of nitrogens with one attached hydrogen (secondary N) is 1. The highest BCUT2D eigenvalue weighted by Gasteiger charge is 2.35. The minimum Gasteiger partial charge on any atom is -0.322 e. The summed E-state index contributed by atoms with van der Waals surface area (Å²) < 4.78 is 0. The Labute approximate surface area is 143 Å². The van der Waals surface area contributed by atoms with E-state index in [4.69, 9.17) is 0 Å². The molecular weight excluding hydrogens is 316 g/mol. The van der Waals surface area contributed by atoms with Gasteiger partial charge in [-0.15, -0.1) is 0 Å². The van der Waals surface area contributed by atoms with Crippen LogP contribution in [0.1, 0.15) is 37.4 Å². The third-order valence-corrected chi connectivity index (χ3v) is 4.74. The van der Waals surface area contributed by atoms with Gasteiger partial charge in [-0.2, -0.15) is 0 Å². The van der Waals surface area contributed by atoms with Crippen molar-refractivity contribution < 1.29 is 9.59 Å². The second-order valence-electron chi connectivity index (χ2n) is 6.39. The number of carbonyl (C=O) groups is 2. The number of aromatic nitrogens is 1. The van der Waals surface area contributed by atoms with Gasteiger partial charge in [0, 0.05) is 11.1 Å². The number of pyridine rings is 1. The lowest BCUT2D eigenvalue weighted by Crippen LogP contribution is -2.31. The van der Waals surface area contributed by atoms with Crippen LogP contribution in [0.3, 0.4) is 0 Å². The third kappa shape index (κ3) is 2.36. The zero-order valence-electron chi connectivity index (χ0n) is 13.9. The van der Waals surface area contributed by atoms with Gasteiger partial charge in [0.2, 0.25) is 0 Å². The van der Waals surface area contributed by atoms with Gasteiger partial charge >= 0.3 is 0 Å². The van der Waals surface area contributed by atoms with Gasteiger partial charge in [-0.05, 0) is 60.7 Å². The Morgan fingerprint density at radius 3 is 2.12 bits per heavy atom. The fourth-order valence-electron chi connectivity index (χ4n) is 3.19. The molecule has 3 aromatic rings. The number of H-pyrrole nitrogens is 1. The lowest BCUT2D eigenvalue weighted by Gasteiger charge is -2.14. The Bertz CT molecular complexity index is 1080. The second-order valence-corrected chi connectivity index (χ2v) is 6.39. The molecule has 0 fully saturated rings. The Balaban J connectivity index is 1.76. The Morgan fingerprint density at radius 1 is 0.880 bits per heavy atom. The first-order valence-corrected chi connectivity index (χ1v) is 8.04. The van der Waals surface area contributed by atoms with E-state index in [0.717, 1.165) is 26.9 Å². The van der Waals surface area contributed by atoms with Gasteiger partial charge in [-0.1, -0.05) is 12.1 Å². The average Bonchev–Trinajstić information content (AvgIpc) is 2.83. The number of amides is 2. The molecule has 4 rings (SSSR count). The number of imide groups is 1. The molecule has 2 amide bonds. The molecule has 2 aromatic carbocycles. The lowest BCUT2D eigenvalue weighted by molar-refractivity contribution is 0.0642. The number of hydrogen-bond acceptors (Lipinski definition) is 3. The van der Waals surface area contributed by atoms with E-state index in [-0.39, 0.29) is 23.9 Å². The molecule has 0 atom stereocenters. The fraction of sp³-hybridized carbons (Fsp3) is 0.150. The van der Waals surface area contributed by atoms with Crippen LogP contribution in [0.25, 0.3) is 10.9 Å². The van der Waals surface area contributed by atoms with Crippen LogP contribution < -0.4 is 5.56 Å². The van der Waals surface area contributed by atoms with Crippen molar-refractivity contribution in [1.82, 2.24) is 9.88 Å². The van der Waals surface area contributed by atoms with Crippen LogP contribution in [0.5, 0.6) is 0 Å². The van der Waals surface area contributed by atoms with Crippen LogP contribution in [-0.4, -0.2) is 21.7 Å². The normalized spacial score (nSPS) is 13.6. The molecule has 25 heavy (non-hydrogen) atoms. The van der Waals surface area contributed by atoms with E-state index in [9.17, 15) is 14.4 Å². The smallest absolute Gasteiger partial charge is 0.261 e. The molecule has 1 N–H and O–H groups in total. The summed E-state index contributed by atoms with van der Waals surface area (Å²) >= 11 is 0. The number of hydrogen-bond donors (Lipinski definition) is 1. The molecule has 124 valence electrons. The van der Waals surface area contributed by atoms with Crippen molar-refractivity contribution in [2.24, 2.45) is 0 Å². The summed E-state index contributed by atoms with van der Waals surface area (Å²) in [5.41, 5.74) is 3.84. The molecule has 1 aromatic heterocycles. The Morgan fingerprint density at radius 2 is 1.48 bits per heavy atom. The van der Waals surface area contributed by atoms with Crippen molar-refractivity contribution in [1.29, 1.82) is 0 Å². The first-order valence-electron chi connectivity index (χ1n) is 8.04. The summed E-state index contributed by atoms with van der Waals surface area (Å²) in [6.07, 6.45) is 0. The monoisotopic (exact) mass is 332 g/mol. The van der Waals surface area contributed by atoms with Crippen molar-refractivity contribution in [3.63, 3.8) is 0 Å². The van der Waals surface area contributed by atoms with Crippen LogP contribution in [0, 0.1) is 13.8 Å². The van der Waals surface area contributed by atoms with Gasteiger partial charge in [-0.25, -0.2) is 0 Å². The average molecular weight is 332 g/mol. The summed E-state index contributed by atoms with van der Waals surface area (Å²) in [5.74, 6) is -0.722. The quantitative estimate of drug-likeness (QED) is 0.734. The van der Waals surface area contributed by atoms with E-state index in [0.29, 0.717) is 16.7 Å². The summed E-state index contributed by atoms with van der Waals surface area (Å²) in [6.45, 7) is 3.95. The third-order valence-electron chi connectivity index (χ3n) is 4.74. The minimum absolute atomic E-state index is 0.0372. The van der Waals surface area contributed by atoms with Crippen molar-refractivity contribution in [2.45, 2.75) is 20.4 Å². The van der Waals surface area contributed by atoms with Crippen molar-refractivity contribution in [3.05, 3.63) is 80.6 Å². The van der Waals surface area contributed by atoms with Crippen LogP contribution in [-0.2, 0) is 6.54 Å². The van der Waals surface area contributed by atoms with Gasteiger partial charge in [0.1, 0.15) is 0 Å². The van der Waals surface area contributed by atoms with E-state index in [2.05, 4.69) is 4.98 Å². The maximum atomic E-state index is 12.5. The molecule has 0 saturated heterocycles. The molecule has 5 heteroatoms. The molecule has 0 unspecified atom stereocenters. The van der Waals surface area contributed by atoms with E-state index in [1.165, 1.54) is 0 Å². The zero-order valence-corrected chi connectivity index (χ0v) is 13.9. The molecule has 0 bridgehead atoms. The van der Waals surface area contributed by atoms with Crippen LogP contribution >= 0.6 is 0 Å². The fourth-order valence-corrected chi connectivity index (χ4v) is 3.19. The number of benzene rings is 2. The highest BCUT2D eigenvalue weighted by atomic mass is 16.2. The molecule has 0 radical (unpaired) electrons. The topological polar surface area (TPSA) is 70.2 Å². The van der Waals surface area contributed by atoms with E-state index < -0.39 is 0 Å². The Kier molecular flexibility index (Phi) is 3.32. The summed E-state index contributed by atoms with van der Waals surface area (Å²) in [7, 11) is 0. The van der Waals surface area contributed by atoms with Crippen molar-refractivity contribution in [3.8, 4) is 0 Å². The van der Waals surface area contributed by atoms with Gasteiger partial charge in [0.25, 0.3) is 17.4 Å². The summed E-state index contributed by atoms with van der Waals surface area (Å²) in [6, 6.07) is 12.4. The van der Waals surface area contributed by atoms with E-state index in [1.54, 1.807) is 30.3 Å². The minimum atomic E-state index is -0.361. The number of aryl methyl sites for hydroxylation is 2. The molecule has 0 spiro atoms. The van der Waals surface area contributed by atoms with Gasteiger partial charge < -0.3 is 4.98 Å². The lowest BCUT2D eigenvalue weighted by atomic mass is 10.0. The Hall–Kier alpha value is -3.21.